The molecule has 1 fully saturated rings. The predicted molar refractivity (Wildman–Crippen MR) is 76.1 cm³/mol. The molecule has 0 aromatic carbocycles. The molecule has 0 saturated carbocycles. The molecular formula is C7H15N3S4. The lowest BCUT2D eigenvalue weighted by atomic mass is 10.8. The highest BCUT2D eigenvalue weighted by atomic mass is 32.2. The zero-order chi connectivity index (χ0) is 11.1. The molecule has 0 spiro atoms. The van der Waals surface area contributed by atoms with E-state index in [-0.39, 0.29) is 0 Å². The van der Waals surface area contributed by atoms with Crippen LogP contribution in [0.15, 0.2) is 0 Å². The maximum absolute atomic E-state index is 5.04. The van der Waals surface area contributed by atoms with Crippen LogP contribution < -0.4 is 5.32 Å². The van der Waals surface area contributed by atoms with Crippen molar-refractivity contribution in [3.63, 3.8) is 0 Å². The number of nitrogens with one attached hydrogen (secondary N) is 1. The van der Waals surface area contributed by atoms with E-state index in [2.05, 4.69) is 47.0 Å². The van der Waals surface area contributed by atoms with E-state index in [0.29, 0.717) is 4.32 Å². The molecule has 14 heavy (non-hydrogen) atoms. The van der Waals surface area contributed by atoms with Crippen molar-refractivity contribution < 1.29 is 0 Å². The molecule has 1 saturated heterocycles. The summed E-state index contributed by atoms with van der Waals surface area (Å²) in [6.45, 7) is 0.964. The summed E-state index contributed by atoms with van der Waals surface area (Å²) in [5.41, 5.74) is 0. The molecular weight excluding hydrogens is 254 g/mol. The van der Waals surface area contributed by atoms with Crippen LogP contribution in [0.3, 0.4) is 0 Å². The van der Waals surface area contributed by atoms with Crippen LogP contribution in [0.5, 0.6) is 0 Å². The number of hydrogen-bond donors (Lipinski definition) is 2. The number of thiocarbonyl (C=S) groups is 2. The molecule has 0 amide bonds. The summed E-state index contributed by atoms with van der Waals surface area (Å²) in [6.07, 6.45) is 0. The van der Waals surface area contributed by atoms with Gasteiger partial charge in [-0.3, -0.25) is 4.90 Å². The fourth-order valence-corrected chi connectivity index (χ4v) is 1.64. The molecule has 7 heteroatoms. The SMILES string of the molecule is CN1CSC(=S)N(C)C1.CNC(=S)S. The Bertz CT molecular complexity index is 209. The molecule has 1 aliphatic rings. The first-order valence-electron chi connectivity index (χ1n) is 3.94. The van der Waals surface area contributed by atoms with Crippen LogP contribution >= 0.6 is 48.8 Å². The van der Waals surface area contributed by atoms with Gasteiger partial charge in [0.1, 0.15) is 8.64 Å². The van der Waals surface area contributed by atoms with Crippen LogP contribution in [-0.4, -0.2) is 52.1 Å². The van der Waals surface area contributed by atoms with Crippen LogP contribution in [0.25, 0.3) is 0 Å². The van der Waals surface area contributed by atoms with Crippen molar-refractivity contribution in [2.75, 3.05) is 33.7 Å². The minimum atomic E-state index is 0.532. The summed E-state index contributed by atoms with van der Waals surface area (Å²) < 4.78 is 1.54. The number of thioether (sulfide) groups is 1. The molecule has 82 valence electrons. The number of thiol groups is 1. The summed E-state index contributed by atoms with van der Waals surface area (Å²) in [5.74, 6) is 1.03. The Balaban J connectivity index is 0.000000292. The third-order valence-electron chi connectivity index (χ3n) is 1.39. The number of nitrogens with zero attached hydrogens (tertiary/aromatic N) is 2. The van der Waals surface area contributed by atoms with E-state index >= 15 is 0 Å². The van der Waals surface area contributed by atoms with Gasteiger partial charge in [-0.1, -0.05) is 36.2 Å². The van der Waals surface area contributed by atoms with Crippen LogP contribution in [0.4, 0.5) is 0 Å². The minimum absolute atomic E-state index is 0.532. The van der Waals surface area contributed by atoms with Crippen molar-refractivity contribution in [2.45, 2.75) is 0 Å². The van der Waals surface area contributed by atoms with Crippen LogP contribution in [0.2, 0.25) is 0 Å². The second-order valence-corrected chi connectivity index (χ2v) is 5.53. The van der Waals surface area contributed by atoms with Gasteiger partial charge < -0.3 is 10.2 Å². The average molecular weight is 269 g/mol. The van der Waals surface area contributed by atoms with Gasteiger partial charge in [0.05, 0.1) is 12.5 Å². The summed E-state index contributed by atoms with van der Waals surface area (Å²) in [4.78, 5) is 4.30. The Morgan fingerprint density at radius 3 is 2.36 bits per heavy atom. The van der Waals surface area contributed by atoms with E-state index in [1.54, 1.807) is 18.8 Å². The Morgan fingerprint density at radius 2 is 2.07 bits per heavy atom. The molecule has 0 aromatic rings. The zero-order valence-corrected chi connectivity index (χ0v) is 11.8. The predicted octanol–water partition coefficient (Wildman–Crippen LogP) is 1.22. The minimum Gasteiger partial charge on any atom is -0.374 e. The van der Waals surface area contributed by atoms with Crippen molar-refractivity contribution in [1.29, 1.82) is 0 Å². The fraction of sp³-hybridized carbons (Fsp3) is 0.714. The highest BCUT2D eigenvalue weighted by Gasteiger charge is 2.13. The lowest BCUT2D eigenvalue weighted by Gasteiger charge is -2.31. The van der Waals surface area contributed by atoms with Crippen molar-refractivity contribution in [3.8, 4) is 0 Å². The second kappa shape index (κ2) is 7.70. The molecule has 0 radical (unpaired) electrons. The molecule has 0 bridgehead atoms. The van der Waals surface area contributed by atoms with Crippen molar-refractivity contribution in [1.82, 2.24) is 15.1 Å². The van der Waals surface area contributed by atoms with E-state index in [1.807, 2.05) is 7.05 Å². The Labute approximate surface area is 106 Å². The van der Waals surface area contributed by atoms with Gasteiger partial charge in [-0.15, -0.1) is 12.6 Å². The van der Waals surface area contributed by atoms with Crippen LogP contribution in [-0.2, 0) is 0 Å². The van der Waals surface area contributed by atoms with Gasteiger partial charge >= 0.3 is 0 Å². The molecule has 0 aromatic heterocycles. The first-order valence-corrected chi connectivity index (χ1v) is 6.19. The lowest BCUT2D eigenvalue weighted by molar-refractivity contribution is 0.278. The van der Waals surface area contributed by atoms with Crippen LogP contribution in [0, 0.1) is 0 Å². The summed E-state index contributed by atoms with van der Waals surface area (Å²) >= 11 is 14.9. The molecule has 0 atom stereocenters. The molecule has 0 unspecified atom stereocenters. The van der Waals surface area contributed by atoms with E-state index in [0.717, 1.165) is 16.9 Å². The number of hydrogen-bond acceptors (Lipinski definition) is 4. The monoisotopic (exact) mass is 269 g/mol. The topological polar surface area (TPSA) is 18.5 Å². The van der Waals surface area contributed by atoms with Gasteiger partial charge in [0, 0.05) is 14.1 Å². The molecule has 1 N–H and O–H groups in total. The lowest BCUT2D eigenvalue weighted by Crippen LogP contribution is -2.40. The van der Waals surface area contributed by atoms with E-state index in [1.165, 1.54) is 0 Å². The quantitative estimate of drug-likeness (QED) is 0.505. The van der Waals surface area contributed by atoms with Gasteiger partial charge in [-0.25, -0.2) is 0 Å². The Morgan fingerprint density at radius 1 is 1.57 bits per heavy atom. The molecule has 1 aliphatic heterocycles. The highest BCUT2D eigenvalue weighted by Crippen LogP contribution is 2.14. The highest BCUT2D eigenvalue weighted by molar-refractivity contribution is 8.22. The molecule has 1 rings (SSSR count). The zero-order valence-electron chi connectivity index (χ0n) is 8.48. The van der Waals surface area contributed by atoms with Crippen molar-refractivity contribution >= 4 is 57.5 Å². The molecule has 1 heterocycles. The molecule has 0 aliphatic carbocycles. The summed E-state index contributed by atoms with van der Waals surface area (Å²) in [7, 11) is 5.84. The first kappa shape index (κ1) is 14.4. The summed E-state index contributed by atoms with van der Waals surface area (Å²) in [5, 5.41) is 2.62. The first-order chi connectivity index (χ1) is 6.47. The van der Waals surface area contributed by atoms with Gasteiger partial charge in [-0.05, 0) is 7.05 Å². The maximum atomic E-state index is 5.04. The fourth-order valence-electron chi connectivity index (χ4n) is 0.736. The van der Waals surface area contributed by atoms with Gasteiger partial charge in [0.15, 0.2) is 0 Å². The maximum Gasteiger partial charge on any atom is 0.138 e. The number of rotatable bonds is 0. The normalized spacial score (nSPS) is 17.1. The van der Waals surface area contributed by atoms with Crippen molar-refractivity contribution in [2.24, 2.45) is 0 Å². The largest absolute Gasteiger partial charge is 0.374 e. The smallest absolute Gasteiger partial charge is 0.138 e. The Kier molecular flexibility index (Phi) is 7.94. The van der Waals surface area contributed by atoms with Crippen LogP contribution in [0.1, 0.15) is 0 Å². The van der Waals surface area contributed by atoms with E-state index in [4.69, 9.17) is 12.2 Å². The standard InChI is InChI=1S/C5H10N2S2.C2H5NS2/c1-6-3-7(2)5(8)9-4-6;1-3-2(4)5/h3-4H2,1-2H3;1H3,(H2,3,4,5). The third-order valence-corrected chi connectivity index (χ3v) is 3.61. The van der Waals surface area contributed by atoms with E-state index in [9.17, 15) is 0 Å². The molecule has 3 nitrogen and oxygen atoms in total. The van der Waals surface area contributed by atoms with Crippen molar-refractivity contribution in [3.05, 3.63) is 0 Å². The van der Waals surface area contributed by atoms with Gasteiger partial charge in [0.25, 0.3) is 0 Å². The van der Waals surface area contributed by atoms with E-state index < -0.39 is 0 Å². The van der Waals surface area contributed by atoms with Gasteiger partial charge in [0.2, 0.25) is 0 Å². The second-order valence-electron chi connectivity index (χ2n) is 2.79. The average Bonchev–Trinajstić information content (AvgIpc) is 2.13. The third kappa shape index (κ3) is 6.83. The summed E-state index contributed by atoms with van der Waals surface area (Å²) in [6, 6.07) is 0. The van der Waals surface area contributed by atoms with Gasteiger partial charge in [-0.2, -0.15) is 0 Å². The Hall–Kier alpha value is 0.440.